The molecular weight excluding hydrogens is 441 g/mol. The number of anilines is 1. The number of benzene rings is 1. The summed E-state index contributed by atoms with van der Waals surface area (Å²) < 4.78 is 7.40. The Balaban J connectivity index is 2.18. The second-order valence-corrected chi connectivity index (χ2v) is 6.61. The normalized spacial score (nSPS) is 10.9. The van der Waals surface area contributed by atoms with Gasteiger partial charge in [-0.2, -0.15) is 5.10 Å². The Labute approximate surface area is 137 Å². The zero-order valence-electron chi connectivity index (χ0n) is 10.3. The zero-order chi connectivity index (χ0) is 13.8. The molecule has 2 aromatic rings. The van der Waals surface area contributed by atoms with Gasteiger partial charge in [0.2, 0.25) is 5.13 Å². The van der Waals surface area contributed by atoms with Crippen molar-refractivity contribution in [1.29, 1.82) is 0 Å². The zero-order valence-corrected chi connectivity index (χ0v) is 14.8. The lowest BCUT2D eigenvalue weighted by molar-refractivity contribution is 0.411. The summed E-state index contributed by atoms with van der Waals surface area (Å²) in [7, 11) is 1.65. The van der Waals surface area contributed by atoms with Crippen LogP contribution < -0.4 is 10.2 Å². The van der Waals surface area contributed by atoms with Gasteiger partial charge in [-0.3, -0.25) is 5.43 Å². The molecule has 2 rings (SSSR count). The van der Waals surface area contributed by atoms with E-state index >= 15 is 0 Å². The molecule has 0 spiro atoms. The molecule has 1 heterocycles. The Morgan fingerprint density at radius 1 is 1.53 bits per heavy atom. The molecule has 100 valence electrons. The highest BCUT2D eigenvalue weighted by Gasteiger charge is 2.07. The summed E-state index contributed by atoms with van der Waals surface area (Å²) in [5.41, 5.74) is 4.80. The summed E-state index contributed by atoms with van der Waals surface area (Å²) in [5.74, 6) is 0.810. The van der Waals surface area contributed by atoms with E-state index < -0.39 is 0 Å². The van der Waals surface area contributed by atoms with Gasteiger partial charge in [-0.05, 0) is 41.6 Å². The topological polar surface area (TPSA) is 46.5 Å². The molecule has 0 amide bonds. The van der Waals surface area contributed by atoms with Crippen LogP contribution in [0, 0.1) is 10.5 Å². The van der Waals surface area contributed by atoms with Crippen molar-refractivity contribution in [1.82, 2.24) is 4.98 Å². The molecule has 19 heavy (non-hydrogen) atoms. The van der Waals surface area contributed by atoms with Crippen LogP contribution in [0.5, 0.6) is 5.75 Å². The third-order valence-electron chi connectivity index (χ3n) is 2.22. The fourth-order valence-electron chi connectivity index (χ4n) is 1.45. The van der Waals surface area contributed by atoms with Crippen molar-refractivity contribution in [3.8, 4) is 5.75 Å². The van der Waals surface area contributed by atoms with E-state index in [1.807, 2.05) is 24.4 Å². The number of rotatable bonds is 4. The lowest BCUT2D eigenvalue weighted by Crippen LogP contribution is -1.96. The number of aromatic nitrogens is 1. The van der Waals surface area contributed by atoms with E-state index in [0.29, 0.717) is 0 Å². The predicted molar refractivity (Wildman–Crippen MR) is 91.5 cm³/mol. The van der Waals surface area contributed by atoms with Crippen LogP contribution in [-0.4, -0.2) is 18.3 Å². The maximum absolute atomic E-state index is 5.38. The van der Waals surface area contributed by atoms with Gasteiger partial charge in [0.15, 0.2) is 0 Å². The van der Waals surface area contributed by atoms with Crippen molar-refractivity contribution >= 4 is 61.2 Å². The highest BCUT2D eigenvalue weighted by molar-refractivity contribution is 14.1. The van der Waals surface area contributed by atoms with Gasteiger partial charge in [0, 0.05) is 15.4 Å². The minimum atomic E-state index is 0.775. The Hall–Kier alpha value is -0.670. The number of hydrogen-bond donors (Lipinski definition) is 1. The van der Waals surface area contributed by atoms with Gasteiger partial charge in [-0.1, -0.05) is 15.9 Å². The van der Waals surface area contributed by atoms with E-state index in [1.54, 1.807) is 13.3 Å². The Morgan fingerprint density at radius 3 is 2.95 bits per heavy atom. The number of hydrazone groups is 1. The number of nitrogens with one attached hydrogen (secondary N) is 1. The second kappa shape index (κ2) is 6.67. The number of hydrogen-bond acceptors (Lipinski definition) is 5. The molecule has 0 aliphatic carbocycles. The average molecular weight is 452 g/mol. The molecule has 1 N–H and O–H groups in total. The minimum absolute atomic E-state index is 0.775. The van der Waals surface area contributed by atoms with Gasteiger partial charge in [0.1, 0.15) is 5.75 Å². The summed E-state index contributed by atoms with van der Waals surface area (Å²) in [5, 5.41) is 6.93. The molecule has 7 heteroatoms. The number of nitrogens with zero attached hydrogens (tertiary/aromatic N) is 2. The van der Waals surface area contributed by atoms with Crippen LogP contribution in [0.15, 0.2) is 27.1 Å². The SMILES string of the molecule is COc1c(I)cc(Br)cc1C=NNc1nc(C)cs1. The fourth-order valence-corrected chi connectivity index (χ4v) is 3.86. The van der Waals surface area contributed by atoms with Gasteiger partial charge in [0.25, 0.3) is 0 Å². The van der Waals surface area contributed by atoms with Gasteiger partial charge < -0.3 is 4.74 Å². The van der Waals surface area contributed by atoms with E-state index in [0.717, 1.165) is 30.2 Å². The summed E-state index contributed by atoms with van der Waals surface area (Å²) in [6.45, 7) is 1.95. The Bertz CT molecular complexity index is 615. The van der Waals surface area contributed by atoms with Crippen LogP contribution in [0.1, 0.15) is 11.3 Å². The van der Waals surface area contributed by atoms with E-state index in [-0.39, 0.29) is 0 Å². The number of halogens is 2. The third-order valence-corrected chi connectivity index (χ3v) is 4.35. The molecule has 1 aromatic carbocycles. The van der Waals surface area contributed by atoms with Crippen LogP contribution >= 0.6 is 49.9 Å². The number of methoxy groups -OCH3 is 1. The highest BCUT2D eigenvalue weighted by atomic mass is 127. The van der Waals surface area contributed by atoms with E-state index in [4.69, 9.17) is 4.74 Å². The fraction of sp³-hybridized carbons (Fsp3) is 0.167. The molecule has 1 aromatic heterocycles. The molecule has 0 fully saturated rings. The van der Waals surface area contributed by atoms with Crippen LogP contribution in [0.2, 0.25) is 0 Å². The molecule has 0 atom stereocenters. The standard InChI is InChI=1S/C12H11BrIN3OS/c1-7-6-19-12(16-7)17-15-5-8-3-9(13)4-10(14)11(8)18-2/h3-6H,1-2H3,(H,16,17). The molecule has 0 unspecified atom stereocenters. The molecule has 4 nitrogen and oxygen atoms in total. The smallest absolute Gasteiger partial charge is 0.203 e. The van der Waals surface area contributed by atoms with Gasteiger partial charge in [-0.25, -0.2) is 4.98 Å². The quantitative estimate of drug-likeness (QED) is 0.429. The minimum Gasteiger partial charge on any atom is -0.495 e. The lowest BCUT2D eigenvalue weighted by atomic mass is 10.2. The molecule has 0 saturated carbocycles. The highest BCUT2D eigenvalue weighted by Crippen LogP contribution is 2.28. The predicted octanol–water partition coefficient (Wildman–Crippen LogP) is 4.27. The largest absolute Gasteiger partial charge is 0.495 e. The van der Waals surface area contributed by atoms with Crippen LogP contribution in [0.3, 0.4) is 0 Å². The second-order valence-electron chi connectivity index (χ2n) is 3.67. The summed E-state index contributed by atoms with van der Waals surface area (Å²) in [6, 6.07) is 3.95. The van der Waals surface area contributed by atoms with E-state index in [1.165, 1.54) is 11.3 Å². The maximum Gasteiger partial charge on any atom is 0.203 e. The molecular formula is C12H11BrIN3OS. The Kier molecular flexibility index (Phi) is 5.17. The van der Waals surface area contributed by atoms with Crippen LogP contribution in [0.4, 0.5) is 5.13 Å². The molecule has 0 bridgehead atoms. The van der Waals surface area contributed by atoms with Crippen molar-refractivity contribution < 1.29 is 4.74 Å². The summed E-state index contributed by atoms with van der Waals surface area (Å²) >= 11 is 7.22. The van der Waals surface area contributed by atoms with E-state index in [2.05, 4.69) is 54.0 Å². The summed E-state index contributed by atoms with van der Waals surface area (Å²) in [4.78, 5) is 4.27. The summed E-state index contributed by atoms with van der Waals surface area (Å²) in [6.07, 6.45) is 1.72. The van der Waals surface area contributed by atoms with Crippen molar-refractivity contribution in [3.63, 3.8) is 0 Å². The van der Waals surface area contributed by atoms with Gasteiger partial charge in [0.05, 0.1) is 22.6 Å². The first-order valence-electron chi connectivity index (χ1n) is 5.34. The average Bonchev–Trinajstić information content (AvgIpc) is 2.74. The molecule has 0 aliphatic heterocycles. The van der Waals surface area contributed by atoms with Crippen LogP contribution in [0.25, 0.3) is 0 Å². The number of thiazole rings is 1. The third kappa shape index (κ3) is 3.90. The van der Waals surface area contributed by atoms with Crippen LogP contribution in [-0.2, 0) is 0 Å². The Morgan fingerprint density at radius 2 is 2.32 bits per heavy atom. The molecule has 0 aliphatic rings. The monoisotopic (exact) mass is 451 g/mol. The lowest BCUT2D eigenvalue weighted by Gasteiger charge is -2.07. The van der Waals surface area contributed by atoms with Gasteiger partial charge >= 0.3 is 0 Å². The molecule has 0 saturated heterocycles. The number of ether oxygens (including phenoxy) is 1. The van der Waals surface area contributed by atoms with Crippen molar-refractivity contribution in [3.05, 3.63) is 36.8 Å². The van der Waals surface area contributed by atoms with Gasteiger partial charge in [-0.15, -0.1) is 11.3 Å². The first-order chi connectivity index (χ1) is 9.10. The van der Waals surface area contributed by atoms with Crippen molar-refractivity contribution in [2.75, 3.05) is 12.5 Å². The maximum atomic E-state index is 5.38. The molecule has 0 radical (unpaired) electrons. The first-order valence-corrected chi connectivity index (χ1v) is 8.09. The van der Waals surface area contributed by atoms with Crippen molar-refractivity contribution in [2.45, 2.75) is 6.92 Å². The van der Waals surface area contributed by atoms with E-state index in [9.17, 15) is 0 Å². The first kappa shape index (κ1) is 14.7. The van der Waals surface area contributed by atoms with Crippen molar-refractivity contribution in [2.24, 2.45) is 5.10 Å². The number of aryl methyl sites for hydroxylation is 1.